The van der Waals surface area contributed by atoms with E-state index in [0.29, 0.717) is 0 Å². The molecule has 2 N–H and O–H groups in total. The van der Waals surface area contributed by atoms with E-state index in [1.165, 1.54) is 12.1 Å². The molecular weight excluding hydrogens is 246 g/mol. The number of nitrogens with zero attached hydrogens (tertiary/aromatic N) is 3. The van der Waals surface area contributed by atoms with Gasteiger partial charge in [-0.05, 0) is 12.1 Å². The van der Waals surface area contributed by atoms with Gasteiger partial charge < -0.3 is 5.73 Å². The molecule has 1 heterocycles. The summed E-state index contributed by atoms with van der Waals surface area (Å²) in [6.45, 7) is 0. The maximum absolute atomic E-state index is 13.6. The zero-order chi connectivity index (χ0) is 13.3. The summed E-state index contributed by atoms with van der Waals surface area (Å²) in [5.41, 5.74) is 4.05. The Balaban J connectivity index is 2.73. The molecular formula is C10H6F2N4O2. The normalized spacial score (nSPS) is 10.3. The van der Waals surface area contributed by atoms with E-state index in [9.17, 15) is 18.9 Å². The van der Waals surface area contributed by atoms with Crippen LogP contribution in [0.25, 0.3) is 11.3 Å². The second kappa shape index (κ2) is 4.32. The highest BCUT2D eigenvalue weighted by Gasteiger charge is 2.22. The standard InChI is InChI=1S/C10H6F2N4O2/c11-6-3-1-2-5(8(6)12)9-7(16(17)18)4-14-10(13)15-9/h1-4H,(H2,13,14,15). The van der Waals surface area contributed by atoms with Crippen molar-refractivity contribution in [2.24, 2.45) is 0 Å². The van der Waals surface area contributed by atoms with Gasteiger partial charge >= 0.3 is 5.69 Å². The molecule has 2 rings (SSSR count). The molecule has 0 bridgehead atoms. The molecule has 0 aliphatic rings. The highest BCUT2D eigenvalue weighted by molar-refractivity contribution is 5.70. The molecule has 0 spiro atoms. The summed E-state index contributed by atoms with van der Waals surface area (Å²) in [5.74, 6) is -2.61. The Morgan fingerprint density at radius 2 is 2.06 bits per heavy atom. The lowest BCUT2D eigenvalue weighted by molar-refractivity contribution is -0.384. The van der Waals surface area contributed by atoms with Gasteiger partial charge in [-0.3, -0.25) is 10.1 Å². The first-order valence-corrected chi connectivity index (χ1v) is 4.72. The quantitative estimate of drug-likeness (QED) is 0.650. The van der Waals surface area contributed by atoms with Crippen molar-refractivity contribution in [2.45, 2.75) is 0 Å². The van der Waals surface area contributed by atoms with Gasteiger partial charge in [0.1, 0.15) is 6.20 Å². The van der Waals surface area contributed by atoms with Gasteiger partial charge in [0.15, 0.2) is 17.3 Å². The van der Waals surface area contributed by atoms with E-state index in [-0.39, 0.29) is 17.2 Å². The first-order chi connectivity index (χ1) is 8.50. The zero-order valence-corrected chi connectivity index (χ0v) is 8.80. The summed E-state index contributed by atoms with van der Waals surface area (Å²) in [7, 11) is 0. The molecule has 0 fully saturated rings. The lowest BCUT2D eigenvalue weighted by Crippen LogP contribution is -2.02. The Bertz CT molecular complexity index is 633. The van der Waals surface area contributed by atoms with Crippen LogP contribution in [0.4, 0.5) is 20.4 Å². The van der Waals surface area contributed by atoms with Crippen molar-refractivity contribution in [2.75, 3.05) is 5.73 Å². The van der Waals surface area contributed by atoms with Crippen LogP contribution in [0.5, 0.6) is 0 Å². The van der Waals surface area contributed by atoms with Crippen LogP contribution in [0.15, 0.2) is 24.4 Å². The summed E-state index contributed by atoms with van der Waals surface area (Å²) in [5, 5.41) is 10.8. The predicted octanol–water partition coefficient (Wildman–Crippen LogP) is 1.91. The second-order valence-electron chi connectivity index (χ2n) is 3.32. The molecule has 0 saturated heterocycles. The number of nitro groups is 1. The van der Waals surface area contributed by atoms with Crippen LogP contribution in [0, 0.1) is 21.7 Å². The third-order valence-electron chi connectivity index (χ3n) is 2.19. The van der Waals surface area contributed by atoms with E-state index < -0.39 is 22.2 Å². The maximum Gasteiger partial charge on any atom is 0.313 e. The number of hydrogen-bond donors (Lipinski definition) is 1. The highest BCUT2D eigenvalue weighted by atomic mass is 19.2. The third-order valence-corrected chi connectivity index (χ3v) is 2.19. The van der Waals surface area contributed by atoms with Gasteiger partial charge in [-0.1, -0.05) is 6.07 Å². The third kappa shape index (κ3) is 1.95. The topological polar surface area (TPSA) is 94.9 Å². The second-order valence-corrected chi connectivity index (χ2v) is 3.32. The summed E-state index contributed by atoms with van der Waals surface area (Å²) < 4.78 is 26.6. The Kier molecular flexibility index (Phi) is 2.84. The van der Waals surface area contributed by atoms with Crippen LogP contribution in [-0.4, -0.2) is 14.9 Å². The average molecular weight is 252 g/mol. The molecule has 0 unspecified atom stereocenters. The molecule has 8 heteroatoms. The molecule has 6 nitrogen and oxygen atoms in total. The van der Waals surface area contributed by atoms with E-state index >= 15 is 0 Å². The molecule has 2 aromatic rings. The molecule has 92 valence electrons. The van der Waals surface area contributed by atoms with Crippen LogP contribution >= 0.6 is 0 Å². The van der Waals surface area contributed by atoms with Crippen LogP contribution in [-0.2, 0) is 0 Å². The SMILES string of the molecule is Nc1ncc([N+](=O)[O-])c(-c2cccc(F)c2F)n1. The van der Waals surface area contributed by atoms with Gasteiger partial charge in [0.05, 0.1) is 4.92 Å². The van der Waals surface area contributed by atoms with Crippen molar-refractivity contribution in [1.82, 2.24) is 9.97 Å². The van der Waals surface area contributed by atoms with Gasteiger partial charge in [0.25, 0.3) is 0 Å². The van der Waals surface area contributed by atoms with E-state index in [4.69, 9.17) is 5.73 Å². The minimum Gasteiger partial charge on any atom is -0.368 e. The van der Waals surface area contributed by atoms with Crippen LogP contribution in [0.3, 0.4) is 0 Å². The van der Waals surface area contributed by atoms with Crippen LogP contribution < -0.4 is 5.73 Å². The number of halogens is 2. The minimum absolute atomic E-state index is 0.265. The van der Waals surface area contributed by atoms with E-state index in [0.717, 1.165) is 12.3 Å². The van der Waals surface area contributed by atoms with Crippen LogP contribution in [0.1, 0.15) is 0 Å². The fraction of sp³-hybridized carbons (Fsp3) is 0. The number of hydrogen-bond acceptors (Lipinski definition) is 5. The van der Waals surface area contributed by atoms with Gasteiger partial charge in [0, 0.05) is 5.56 Å². The Morgan fingerprint density at radius 1 is 1.33 bits per heavy atom. The summed E-state index contributed by atoms with van der Waals surface area (Å²) >= 11 is 0. The summed E-state index contributed by atoms with van der Waals surface area (Å²) in [4.78, 5) is 17.0. The van der Waals surface area contributed by atoms with Crippen molar-refractivity contribution >= 4 is 11.6 Å². The minimum atomic E-state index is -1.22. The van der Waals surface area contributed by atoms with Gasteiger partial charge in [-0.2, -0.15) is 0 Å². The van der Waals surface area contributed by atoms with Gasteiger partial charge in [-0.15, -0.1) is 0 Å². The molecule has 0 aliphatic heterocycles. The van der Waals surface area contributed by atoms with Gasteiger partial charge in [0.2, 0.25) is 5.95 Å². The highest BCUT2D eigenvalue weighted by Crippen LogP contribution is 2.30. The van der Waals surface area contributed by atoms with Crippen molar-refractivity contribution in [3.63, 3.8) is 0 Å². The Labute approximate surface area is 99.3 Å². The van der Waals surface area contributed by atoms with Gasteiger partial charge in [-0.25, -0.2) is 18.7 Å². The first-order valence-electron chi connectivity index (χ1n) is 4.72. The number of rotatable bonds is 2. The average Bonchev–Trinajstić information content (AvgIpc) is 2.32. The van der Waals surface area contributed by atoms with E-state index in [2.05, 4.69) is 9.97 Å². The monoisotopic (exact) mass is 252 g/mol. The number of benzene rings is 1. The molecule has 18 heavy (non-hydrogen) atoms. The first kappa shape index (κ1) is 11.8. The fourth-order valence-electron chi connectivity index (χ4n) is 1.41. The molecule has 0 aliphatic carbocycles. The molecule has 0 saturated carbocycles. The molecule has 1 aromatic carbocycles. The molecule has 0 radical (unpaired) electrons. The zero-order valence-electron chi connectivity index (χ0n) is 8.80. The summed E-state index contributed by atoms with van der Waals surface area (Å²) in [6.07, 6.45) is 0.849. The Hall–Kier alpha value is -2.64. The summed E-state index contributed by atoms with van der Waals surface area (Å²) in [6, 6.07) is 3.29. The number of nitrogen functional groups attached to an aromatic ring is 1. The van der Waals surface area contributed by atoms with Crippen molar-refractivity contribution in [3.8, 4) is 11.3 Å². The van der Waals surface area contributed by atoms with E-state index in [1.807, 2.05) is 0 Å². The van der Waals surface area contributed by atoms with Crippen LogP contribution in [0.2, 0.25) is 0 Å². The van der Waals surface area contributed by atoms with Crippen molar-refractivity contribution in [3.05, 3.63) is 46.1 Å². The molecule has 1 aromatic heterocycles. The van der Waals surface area contributed by atoms with E-state index in [1.54, 1.807) is 0 Å². The lowest BCUT2D eigenvalue weighted by atomic mass is 10.1. The molecule has 0 atom stereocenters. The largest absolute Gasteiger partial charge is 0.368 e. The number of anilines is 1. The smallest absolute Gasteiger partial charge is 0.313 e. The predicted molar refractivity (Wildman–Crippen MR) is 58.5 cm³/mol. The maximum atomic E-state index is 13.6. The van der Waals surface area contributed by atoms with Crippen molar-refractivity contribution in [1.29, 1.82) is 0 Å². The number of aromatic nitrogens is 2. The molecule has 0 amide bonds. The lowest BCUT2D eigenvalue weighted by Gasteiger charge is -2.04. The fourth-order valence-corrected chi connectivity index (χ4v) is 1.41. The van der Waals surface area contributed by atoms with Crippen molar-refractivity contribution < 1.29 is 13.7 Å². The Morgan fingerprint density at radius 3 is 2.72 bits per heavy atom. The number of nitrogens with two attached hydrogens (primary N) is 1.